The van der Waals surface area contributed by atoms with Crippen LogP contribution in [-0.2, 0) is 4.79 Å². The van der Waals surface area contributed by atoms with Gasteiger partial charge in [-0.05, 0) is 26.0 Å². The number of carboxylic acids is 1. The summed E-state index contributed by atoms with van der Waals surface area (Å²) in [7, 11) is 0. The van der Waals surface area contributed by atoms with Crippen molar-refractivity contribution in [3.8, 4) is 0 Å². The average Bonchev–Trinajstić information content (AvgIpc) is 2.61. The maximum atomic E-state index is 10.7. The summed E-state index contributed by atoms with van der Waals surface area (Å²) in [6, 6.07) is 3.62. The van der Waals surface area contributed by atoms with E-state index in [-0.39, 0.29) is 12.6 Å². The van der Waals surface area contributed by atoms with Crippen LogP contribution < -0.4 is 5.32 Å². The van der Waals surface area contributed by atoms with Crippen LogP contribution in [-0.4, -0.2) is 28.3 Å². The Kier molecular flexibility index (Phi) is 4.32. The fourth-order valence-electron chi connectivity index (χ4n) is 1.09. The Bertz CT molecular complexity index is 378. The van der Waals surface area contributed by atoms with E-state index in [2.05, 4.69) is 5.32 Å². The van der Waals surface area contributed by atoms with Crippen molar-refractivity contribution in [3.63, 3.8) is 0 Å². The van der Waals surface area contributed by atoms with Crippen molar-refractivity contribution < 1.29 is 15.0 Å². The molecule has 0 saturated carbocycles. The SMILES string of the molecule is CC(NCC(C)(O)C(=O)O)c1ccc(Cl)s1. The number of hydrogen-bond acceptors (Lipinski definition) is 4. The summed E-state index contributed by atoms with van der Waals surface area (Å²) in [4.78, 5) is 11.7. The van der Waals surface area contributed by atoms with Gasteiger partial charge in [0.15, 0.2) is 5.60 Å². The highest BCUT2D eigenvalue weighted by molar-refractivity contribution is 7.16. The molecular formula is C10H14ClNO3S. The zero-order valence-corrected chi connectivity index (χ0v) is 10.6. The third-order valence-corrected chi connectivity index (χ3v) is 3.65. The van der Waals surface area contributed by atoms with Crippen LogP contribution in [0.15, 0.2) is 12.1 Å². The molecule has 3 N–H and O–H groups in total. The second-order valence-corrected chi connectivity index (χ2v) is 5.57. The molecule has 2 unspecified atom stereocenters. The fourth-order valence-corrected chi connectivity index (χ4v) is 2.18. The smallest absolute Gasteiger partial charge is 0.336 e. The molecular weight excluding hydrogens is 250 g/mol. The summed E-state index contributed by atoms with van der Waals surface area (Å²) in [6.07, 6.45) is 0. The van der Waals surface area contributed by atoms with Gasteiger partial charge in [0.1, 0.15) is 0 Å². The van der Waals surface area contributed by atoms with E-state index < -0.39 is 11.6 Å². The van der Waals surface area contributed by atoms with Crippen LogP contribution >= 0.6 is 22.9 Å². The van der Waals surface area contributed by atoms with E-state index in [0.29, 0.717) is 4.34 Å². The summed E-state index contributed by atoms with van der Waals surface area (Å²) in [5, 5.41) is 21.2. The average molecular weight is 264 g/mol. The van der Waals surface area contributed by atoms with Gasteiger partial charge in [0.2, 0.25) is 0 Å². The molecule has 0 aliphatic rings. The number of carboxylic acid groups (broad SMARTS) is 1. The van der Waals surface area contributed by atoms with Crippen LogP contribution in [0.3, 0.4) is 0 Å². The molecule has 1 rings (SSSR count). The third-order valence-electron chi connectivity index (χ3n) is 2.23. The fraction of sp³-hybridized carbons (Fsp3) is 0.500. The number of thiophene rings is 1. The molecule has 0 fully saturated rings. The predicted molar refractivity (Wildman–Crippen MR) is 64.0 cm³/mol. The standard InChI is InChI=1S/C10H14ClNO3S/c1-6(7-3-4-8(11)16-7)12-5-10(2,15)9(13)14/h3-4,6,12,15H,5H2,1-2H3,(H,13,14). The van der Waals surface area contributed by atoms with Gasteiger partial charge in [0.05, 0.1) is 4.34 Å². The first-order chi connectivity index (χ1) is 7.33. The molecule has 6 heteroatoms. The maximum Gasteiger partial charge on any atom is 0.336 e. The molecule has 0 aliphatic carbocycles. The van der Waals surface area contributed by atoms with Crippen molar-refractivity contribution in [2.24, 2.45) is 0 Å². The highest BCUT2D eigenvalue weighted by Gasteiger charge is 2.30. The van der Waals surface area contributed by atoms with E-state index in [1.807, 2.05) is 13.0 Å². The largest absolute Gasteiger partial charge is 0.479 e. The lowest BCUT2D eigenvalue weighted by Crippen LogP contribution is -2.45. The van der Waals surface area contributed by atoms with E-state index in [0.717, 1.165) is 4.88 Å². The van der Waals surface area contributed by atoms with E-state index in [1.54, 1.807) is 6.07 Å². The zero-order chi connectivity index (χ0) is 12.3. The number of aliphatic hydroxyl groups is 1. The van der Waals surface area contributed by atoms with Gasteiger partial charge >= 0.3 is 5.97 Å². The van der Waals surface area contributed by atoms with Crippen LogP contribution in [0, 0.1) is 0 Å². The first kappa shape index (κ1) is 13.4. The molecule has 0 spiro atoms. The van der Waals surface area contributed by atoms with E-state index in [4.69, 9.17) is 16.7 Å². The first-order valence-corrected chi connectivity index (χ1v) is 5.97. The quantitative estimate of drug-likeness (QED) is 0.759. The molecule has 0 amide bonds. The molecule has 0 aromatic carbocycles. The zero-order valence-electron chi connectivity index (χ0n) is 9.03. The van der Waals surface area contributed by atoms with Crippen molar-refractivity contribution >= 4 is 28.9 Å². The van der Waals surface area contributed by atoms with E-state index >= 15 is 0 Å². The van der Waals surface area contributed by atoms with Crippen LogP contribution in [0.1, 0.15) is 24.8 Å². The monoisotopic (exact) mass is 263 g/mol. The van der Waals surface area contributed by atoms with Gasteiger partial charge in [0.25, 0.3) is 0 Å². The number of nitrogens with one attached hydrogen (secondary N) is 1. The molecule has 1 aromatic rings. The molecule has 1 heterocycles. The Hall–Kier alpha value is -0.620. The van der Waals surface area contributed by atoms with Gasteiger partial charge in [-0.25, -0.2) is 4.79 Å². The lowest BCUT2D eigenvalue weighted by atomic mass is 10.1. The first-order valence-electron chi connectivity index (χ1n) is 4.77. The summed E-state index contributed by atoms with van der Waals surface area (Å²) in [5.74, 6) is -1.24. The summed E-state index contributed by atoms with van der Waals surface area (Å²) in [5.41, 5.74) is -1.75. The van der Waals surface area contributed by atoms with Crippen molar-refractivity contribution in [1.82, 2.24) is 5.32 Å². The minimum atomic E-state index is -1.75. The van der Waals surface area contributed by atoms with Crippen LogP contribution in [0.2, 0.25) is 4.34 Å². The Labute approximate surface area is 103 Å². The molecule has 2 atom stereocenters. The molecule has 0 radical (unpaired) electrons. The summed E-state index contributed by atoms with van der Waals surface area (Å²) < 4.78 is 0.689. The number of hydrogen-bond donors (Lipinski definition) is 3. The molecule has 0 aliphatic heterocycles. The molecule has 4 nitrogen and oxygen atoms in total. The predicted octanol–water partition coefficient (Wildman–Crippen LogP) is 1.89. The Balaban J connectivity index is 2.53. The highest BCUT2D eigenvalue weighted by atomic mass is 35.5. The van der Waals surface area contributed by atoms with E-state index in [1.165, 1.54) is 18.3 Å². The minimum absolute atomic E-state index is 0.0149. The van der Waals surface area contributed by atoms with Crippen molar-refractivity contribution in [3.05, 3.63) is 21.3 Å². The van der Waals surface area contributed by atoms with Gasteiger partial charge < -0.3 is 15.5 Å². The number of aliphatic carboxylic acids is 1. The van der Waals surface area contributed by atoms with Gasteiger partial charge in [-0.15, -0.1) is 11.3 Å². The molecule has 1 aromatic heterocycles. The molecule has 0 saturated heterocycles. The summed E-state index contributed by atoms with van der Waals surface area (Å²) >= 11 is 7.22. The molecule has 0 bridgehead atoms. The number of rotatable bonds is 5. The Morgan fingerprint density at radius 1 is 1.69 bits per heavy atom. The Morgan fingerprint density at radius 2 is 2.31 bits per heavy atom. The van der Waals surface area contributed by atoms with Gasteiger partial charge in [-0.1, -0.05) is 11.6 Å². The van der Waals surface area contributed by atoms with Crippen LogP contribution in [0.4, 0.5) is 0 Å². The number of carbonyl (C=O) groups is 1. The lowest BCUT2D eigenvalue weighted by molar-refractivity contribution is -0.156. The van der Waals surface area contributed by atoms with Crippen LogP contribution in [0.5, 0.6) is 0 Å². The lowest BCUT2D eigenvalue weighted by Gasteiger charge is -2.21. The van der Waals surface area contributed by atoms with Gasteiger partial charge in [-0.2, -0.15) is 0 Å². The third kappa shape index (κ3) is 3.45. The van der Waals surface area contributed by atoms with Gasteiger partial charge in [-0.3, -0.25) is 0 Å². The normalized spacial score (nSPS) is 16.8. The van der Waals surface area contributed by atoms with Gasteiger partial charge in [0, 0.05) is 17.5 Å². The second kappa shape index (κ2) is 5.14. The topological polar surface area (TPSA) is 69.6 Å². The van der Waals surface area contributed by atoms with E-state index in [9.17, 15) is 9.90 Å². The van der Waals surface area contributed by atoms with Crippen molar-refractivity contribution in [2.45, 2.75) is 25.5 Å². The van der Waals surface area contributed by atoms with Crippen molar-refractivity contribution in [1.29, 1.82) is 0 Å². The maximum absolute atomic E-state index is 10.7. The molecule has 90 valence electrons. The minimum Gasteiger partial charge on any atom is -0.479 e. The second-order valence-electron chi connectivity index (χ2n) is 3.82. The number of halogens is 1. The highest BCUT2D eigenvalue weighted by Crippen LogP contribution is 2.26. The van der Waals surface area contributed by atoms with Crippen molar-refractivity contribution in [2.75, 3.05) is 6.54 Å². The molecule has 16 heavy (non-hydrogen) atoms. The van der Waals surface area contributed by atoms with Crippen LogP contribution in [0.25, 0.3) is 0 Å². The Morgan fingerprint density at radius 3 is 2.75 bits per heavy atom. The summed E-state index contributed by atoms with van der Waals surface area (Å²) in [6.45, 7) is 3.13.